The standard InChI is InChI=1S/C16H14ClNO5/c1-23-16(22)11-9-10(4-6-13(11)19)5-7-14(20)18-8-2-3-12(17)15(18)21/h3-7,9,19H,2,8H2,1H3. The van der Waals surface area contributed by atoms with Crippen LogP contribution in [0.5, 0.6) is 5.75 Å². The average molecular weight is 336 g/mol. The van der Waals surface area contributed by atoms with Gasteiger partial charge in [0, 0.05) is 12.6 Å². The summed E-state index contributed by atoms with van der Waals surface area (Å²) >= 11 is 5.73. The van der Waals surface area contributed by atoms with Crippen LogP contribution in [0.15, 0.2) is 35.4 Å². The van der Waals surface area contributed by atoms with Crippen LogP contribution in [0.25, 0.3) is 6.08 Å². The van der Waals surface area contributed by atoms with Gasteiger partial charge < -0.3 is 9.84 Å². The second-order valence-corrected chi connectivity index (χ2v) is 5.14. The lowest BCUT2D eigenvalue weighted by atomic mass is 10.1. The number of phenolic OH excluding ortho intramolecular Hbond substituents is 1. The first-order chi connectivity index (χ1) is 10.9. The Labute approximate surface area is 137 Å². The predicted molar refractivity (Wildman–Crippen MR) is 83.8 cm³/mol. The normalized spacial score (nSPS) is 14.8. The molecule has 0 bridgehead atoms. The van der Waals surface area contributed by atoms with Gasteiger partial charge in [0.15, 0.2) is 0 Å². The van der Waals surface area contributed by atoms with Crippen LogP contribution in [-0.4, -0.2) is 41.4 Å². The molecule has 1 aromatic rings. The highest BCUT2D eigenvalue weighted by Gasteiger charge is 2.24. The molecule has 0 saturated heterocycles. The molecule has 23 heavy (non-hydrogen) atoms. The number of imide groups is 1. The van der Waals surface area contributed by atoms with Crippen LogP contribution in [0.3, 0.4) is 0 Å². The summed E-state index contributed by atoms with van der Waals surface area (Å²) in [4.78, 5) is 36.4. The number of halogens is 1. The highest BCUT2D eigenvalue weighted by Crippen LogP contribution is 2.20. The zero-order chi connectivity index (χ0) is 17.0. The van der Waals surface area contributed by atoms with E-state index in [4.69, 9.17) is 11.6 Å². The third-order valence-electron chi connectivity index (χ3n) is 3.24. The van der Waals surface area contributed by atoms with Gasteiger partial charge in [-0.3, -0.25) is 14.5 Å². The molecule has 0 unspecified atom stereocenters. The first-order valence-electron chi connectivity index (χ1n) is 6.75. The van der Waals surface area contributed by atoms with Crippen molar-refractivity contribution in [2.75, 3.05) is 13.7 Å². The molecule has 0 saturated carbocycles. The molecule has 7 heteroatoms. The van der Waals surface area contributed by atoms with Gasteiger partial charge in [-0.2, -0.15) is 0 Å². The van der Waals surface area contributed by atoms with E-state index in [0.717, 1.165) is 4.90 Å². The van der Waals surface area contributed by atoms with Gasteiger partial charge in [0.05, 0.1) is 7.11 Å². The number of phenols is 1. The molecule has 0 spiro atoms. The minimum Gasteiger partial charge on any atom is -0.507 e. The summed E-state index contributed by atoms with van der Waals surface area (Å²) < 4.78 is 4.55. The molecule has 1 aliphatic heterocycles. The number of esters is 1. The number of hydrogen-bond donors (Lipinski definition) is 1. The fourth-order valence-electron chi connectivity index (χ4n) is 2.04. The summed E-state index contributed by atoms with van der Waals surface area (Å²) in [6.45, 7) is 0.265. The van der Waals surface area contributed by atoms with Gasteiger partial charge >= 0.3 is 5.97 Å². The number of ether oxygens (including phenoxy) is 1. The van der Waals surface area contributed by atoms with Gasteiger partial charge in [-0.1, -0.05) is 23.7 Å². The number of rotatable bonds is 3. The molecule has 2 amide bonds. The fraction of sp³-hybridized carbons (Fsp3) is 0.188. The van der Waals surface area contributed by atoms with Crippen molar-refractivity contribution in [1.29, 1.82) is 0 Å². The molecule has 0 aliphatic carbocycles. The molecule has 0 atom stereocenters. The minimum absolute atomic E-state index is 0.0119. The quantitative estimate of drug-likeness (QED) is 0.675. The van der Waals surface area contributed by atoms with E-state index in [1.165, 1.54) is 37.5 Å². The van der Waals surface area contributed by atoms with Crippen LogP contribution >= 0.6 is 11.6 Å². The number of benzene rings is 1. The van der Waals surface area contributed by atoms with E-state index in [0.29, 0.717) is 12.0 Å². The second-order valence-electron chi connectivity index (χ2n) is 4.74. The molecular weight excluding hydrogens is 322 g/mol. The third-order valence-corrected chi connectivity index (χ3v) is 3.55. The number of hydrogen-bond acceptors (Lipinski definition) is 5. The number of nitrogens with zero attached hydrogens (tertiary/aromatic N) is 1. The maximum Gasteiger partial charge on any atom is 0.341 e. The average Bonchev–Trinajstić information content (AvgIpc) is 2.55. The predicted octanol–water partition coefficient (Wildman–Crippen LogP) is 2.07. The molecule has 0 radical (unpaired) electrons. The molecule has 120 valence electrons. The second kappa shape index (κ2) is 7.11. The minimum atomic E-state index is -0.688. The summed E-state index contributed by atoms with van der Waals surface area (Å²) in [7, 11) is 1.20. The first kappa shape index (κ1) is 16.8. The van der Waals surface area contributed by atoms with Gasteiger partial charge in [0.25, 0.3) is 11.8 Å². The van der Waals surface area contributed by atoms with Crippen LogP contribution in [-0.2, 0) is 14.3 Å². The lowest BCUT2D eigenvalue weighted by molar-refractivity contribution is -0.139. The van der Waals surface area contributed by atoms with E-state index >= 15 is 0 Å². The molecular formula is C16H14ClNO5. The van der Waals surface area contributed by atoms with E-state index in [-0.39, 0.29) is 22.9 Å². The monoisotopic (exact) mass is 335 g/mol. The Balaban J connectivity index is 2.17. The SMILES string of the molecule is COC(=O)c1cc(C=CC(=O)N2CCC=C(Cl)C2=O)ccc1O. The third kappa shape index (κ3) is 3.78. The maximum absolute atomic E-state index is 12.1. The van der Waals surface area contributed by atoms with Gasteiger partial charge in [0.2, 0.25) is 0 Å². The largest absolute Gasteiger partial charge is 0.507 e. The Hall–Kier alpha value is -2.60. The molecule has 0 aromatic heterocycles. The Morgan fingerprint density at radius 3 is 2.83 bits per heavy atom. The molecule has 1 aromatic carbocycles. The Morgan fingerprint density at radius 1 is 1.39 bits per heavy atom. The summed E-state index contributed by atoms with van der Waals surface area (Å²) in [5.41, 5.74) is 0.491. The van der Waals surface area contributed by atoms with Gasteiger partial charge in [-0.25, -0.2) is 4.79 Å². The lowest BCUT2D eigenvalue weighted by Crippen LogP contribution is -2.38. The van der Waals surface area contributed by atoms with Crippen molar-refractivity contribution in [2.45, 2.75) is 6.42 Å². The summed E-state index contributed by atoms with van der Waals surface area (Å²) in [6.07, 6.45) is 4.73. The van der Waals surface area contributed by atoms with Crippen LogP contribution < -0.4 is 0 Å². The first-order valence-corrected chi connectivity index (χ1v) is 7.12. The fourth-order valence-corrected chi connectivity index (χ4v) is 2.25. The Bertz CT molecular complexity index is 723. The Kier molecular flexibility index (Phi) is 5.18. The van der Waals surface area contributed by atoms with E-state index in [9.17, 15) is 19.5 Å². The highest BCUT2D eigenvalue weighted by atomic mass is 35.5. The molecule has 0 fully saturated rings. The highest BCUT2D eigenvalue weighted by molar-refractivity contribution is 6.43. The van der Waals surface area contributed by atoms with Crippen molar-refractivity contribution < 1.29 is 24.2 Å². The van der Waals surface area contributed by atoms with E-state index in [1.54, 1.807) is 6.08 Å². The van der Waals surface area contributed by atoms with Gasteiger partial charge in [-0.15, -0.1) is 0 Å². The number of carbonyl (C=O) groups excluding carboxylic acids is 3. The van der Waals surface area contributed by atoms with Gasteiger partial charge in [0.1, 0.15) is 16.3 Å². The van der Waals surface area contributed by atoms with E-state index < -0.39 is 17.8 Å². The summed E-state index contributed by atoms with van der Waals surface area (Å²) in [5.74, 6) is -1.95. The van der Waals surface area contributed by atoms with E-state index in [2.05, 4.69) is 4.74 Å². The van der Waals surface area contributed by atoms with Crippen molar-refractivity contribution in [3.8, 4) is 5.75 Å². The van der Waals surface area contributed by atoms with Crippen LogP contribution in [0.2, 0.25) is 0 Å². The van der Waals surface area contributed by atoms with Crippen LogP contribution in [0.1, 0.15) is 22.3 Å². The van der Waals surface area contributed by atoms with Crippen LogP contribution in [0.4, 0.5) is 0 Å². The molecule has 1 heterocycles. The van der Waals surface area contributed by atoms with E-state index in [1.807, 2.05) is 0 Å². The van der Waals surface area contributed by atoms with Crippen molar-refractivity contribution in [3.63, 3.8) is 0 Å². The van der Waals surface area contributed by atoms with Crippen molar-refractivity contribution in [2.24, 2.45) is 0 Å². The van der Waals surface area contributed by atoms with Gasteiger partial charge in [-0.05, 0) is 30.2 Å². The topological polar surface area (TPSA) is 83.9 Å². The van der Waals surface area contributed by atoms with Crippen molar-refractivity contribution in [3.05, 3.63) is 46.5 Å². The molecule has 2 rings (SSSR count). The number of aromatic hydroxyl groups is 1. The summed E-state index contributed by atoms with van der Waals surface area (Å²) in [6, 6.07) is 4.23. The zero-order valence-corrected chi connectivity index (χ0v) is 13.0. The smallest absolute Gasteiger partial charge is 0.341 e. The summed E-state index contributed by atoms with van der Waals surface area (Å²) in [5, 5.41) is 9.64. The molecule has 1 aliphatic rings. The number of amides is 2. The van der Waals surface area contributed by atoms with Crippen molar-refractivity contribution >= 4 is 35.5 Å². The van der Waals surface area contributed by atoms with Crippen LogP contribution in [0, 0.1) is 0 Å². The lowest BCUT2D eigenvalue weighted by Gasteiger charge is -2.21. The molecule has 6 nitrogen and oxygen atoms in total. The van der Waals surface area contributed by atoms with Crippen molar-refractivity contribution in [1.82, 2.24) is 4.90 Å². The number of methoxy groups -OCH3 is 1. The Morgan fingerprint density at radius 2 is 2.13 bits per heavy atom. The zero-order valence-electron chi connectivity index (χ0n) is 12.3. The maximum atomic E-state index is 12.1. The molecule has 1 N–H and O–H groups in total. The number of carbonyl (C=O) groups is 3.